The number of hydrazine groups is 1. The van der Waals surface area contributed by atoms with Crippen LogP contribution in [0.5, 0.6) is 5.75 Å². The van der Waals surface area contributed by atoms with Crippen molar-refractivity contribution >= 4 is 15.9 Å². The Morgan fingerprint density at radius 3 is 2.92 bits per heavy atom. The van der Waals surface area contributed by atoms with Crippen LogP contribution in [0.25, 0.3) is 0 Å². The summed E-state index contributed by atoms with van der Waals surface area (Å²) in [7, 11) is 1.79. The Balaban J connectivity index is 2.75. The first-order chi connectivity index (χ1) is 5.74. The fourth-order valence-electron chi connectivity index (χ4n) is 0.879. The lowest BCUT2D eigenvalue weighted by atomic mass is 10.2. The molecule has 1 aromatic rings. The highest BCUT2D eigenvalue weighted by molar-refractivity contribution is 9.10. The van der Waals surface area contributed by atoms with Gasteiger partial charge in [0.25, 0.3) is 0 Å². The number of aromatic hydroxyl groups is 1. The van der Waals surface area contributed by atoms with Crippen molar-refractivity contribution in [1.29, 1.82) is 0 Å². The Kier molecular flexibility index (Phi) is 3.52. The van der Waals surface area contributed by atoms with E-state index < -0.39 is 0 Å². The predicted octanol–water partition coefficient (Wildman–Crippen LogP) is 1.38. The largest absolute Gasteiger partial charge is 0.508 e. The Morgan fingerprint density at radius 1 is 1.50 bits per heavy atom. The molecule has 1 rings (SSSR count). The van der Waals surface area contributed by atoms with E-state index in [-0.39, 0.29) is 0 Å². The number of phenolic OH excluding ortho intramolecular Hbond substituents is 1. The van der Waals surface area contributed by atoms with Gasteiger partial charge in [-0.3, -0.25) is 10.9 Å². The van der Waals surface area contributed by atoms with E-state index in [4.69, 9.17) is 0 Å². The van der Waals surface area contributed by atoms with Gasteiger partial charge in [-0.25, -0.2) is 0 Å². The zero-order valence-electron chi connectivity index (χ0n) is 6.76. The van der Waals surface area contributed by atoms with Gasteiger partial charge in [0, 0.05) is 16.6 Å². The maximum atomic E-state index is 9.37. The van der Waals surface area contributed by atoms with Crippen LogP contribution in [-0.2, 0) is 6.54 Å². The number of nitrogens with one attached hydrogen (secondary N) is 2. The second kappa shape index (κ2) is 4.45. The molecule has 0 fully saturated rings. The summed E-state index contributed by atoms with van der Waals surface area (Å²) in [5, 5.41) is 9.37. The van der Waals surface area contributed by atoms with Gasteiger partial charge in [-0.2, -0.15) is 0 Å². The van der Waals surface area contributed by atoms with Gasteiger partial charge in [0.2, 0.25) is 0 Å². The predicted molar refractivity (Wildman–Crippen MR) is 51.7 cm³/mol. The first-order valence-electron chi connectivity index (χ1n) is 3.61. The van der Waals surface area contributed by atoms with Crippen LogP contribution < -0.4 is 10.9 Å². The number of rotatable bonds is 3. The summed E-state index contributed by atoms with van der Waals surface area (Å²) >= 11 is 3.33. The number of benzene rings is 1. The third-order valence-electron chi connectivity index (χ3n) is 1.50. The first-order valence-corrected chi connectivity index (χ1v) is 4.40. The minimum Gasteiger partial charge on any atom is -0.508 e. The number of halogens is 1. The minimum atomic E-state index is 0.306. The second-order valence-electron chi connectivity index (χ2n) is 2.38. The smallest absolute Gasteiger partial charge is 0.120 e. The van der Waals surface area contributed by atoms with E-state index in [1.165, 1.54) is 0 Å². The lowest BCUT2D eigenvalue weighted by Crippen LogP contribution is -2.26. The zero-order chi connectivity index (χ0) is 8.97. The molecular weight excluding hydrogens is 220 g/mol. The minimum absolute atomic E-state index is 0.306. The molecule has 0 atom stereocenters. The van der Waals surface area contributed by atoms with Crippen LogP contribution in [0.2, 0.25) is 0 Å². The highest BCUT2D eigenvalue weighted by atomic mass is 79.9. The Hall–Kier alpha value is -0.580. The lowest BCUT2D eigenvalue weighted by molar-refractivity contribution is 0.461. The summed E-state index contributed by atoms with van der Waals surface area (Å²) in [6, 6.07) is 5.34. The van der Waals surface area contributed by atoms with Gasteiger partial charge in [0.15, 0.2) is 0 Å². The van der Waals surface area contributed by atoms with Crippen molar-refractivity contribution in [2.75, 3.05) is 7.05 Å². The van der Waals surface area contributed by atoms with Crippen LogP contribution in [-0.4, -0.2) is 12.2 Å². The maximum absolute atomic E-state index is 9.37. The monoisotopic (exact) mass is 230 g/mol. The standard InChI is InChI=1S/C8H11BrN2O/c1-10-11-5-6-4-7(9)2-3-8(6)12/h2-4,10-12H,5H2,1H3. The Labute approximate surface area is 79.9 Å². The molecule has 0 unspecified atom stereocenters. The van der Waals surface area contributed by atoms with Crippen LogP contribution in [0.15, 0.2) is 22.7 Å². The SMILES string of the molecule is CNNCc1cc(Br)ccc1O. The van der Waals surface area contributed by atoms with Crippen LogP contribution >= 0.6 is 15.9 Å². The zero-order valence-corrected chi connectivity index (χ0v) is 8.35. The molecule has 0 aliphatic rings. The molecule has 0 amide bonds. The number of hydrogen-bond acceptors (Lipinski definition) is 3. The van der Waals surface area contributed by atoms with Gasteiger partial charge in [-0.05, 0) is 25.2 Å². The van der Waals surface area contributed by atoms with E-state index >= 15 is 0 Å². The fraction of sp³-hybridized carbons (Fsp3) is 0.250. The maximum Gasteiger partial charge on any atom is 0.120 e. The highest BCUT2D eigenvalue weighted by Gasteiger charge is 1.99. The van der Waals surface area contributed by atoms with Gasteiger partial charge in [-0.15, -0.1) is 0 Å². The summed E-state index contributed by atoms with van der Waals surface area (Å²) in [5.41, 5.74) is 6.55. The van der Waals surface area contributed by atoms with Crippen molar-refractivity contribution in [3.63, 3.8) is 0 Å². The van der Waals surface area contributed by atoms with E-state index in [9.17, 15) is 5.11 Å². The molecule has 12 heavy (non-hydrogen) atoms. The van der Waals surface area contributed by atoms with Crippen LogP contribution in [0, 0.1) is 0 Å². The van der Waals surface area contributed by atoms with Crippen molar-refractivity contribution in [3.8, 4) is 5.75 Å². The third-order valence-corrected chi connectivity index (χ3v) is 1.99. The molecule has 0 heterocycles. The third kappa shape index (κ3) is 2.48. The van der Waals surface area contributed by atoms with Gasteiger partial charge < -0.3 is 5.11 Å². The van der Waals surface area contributed by atoms with Crippen molar-refractivity contribution < 1.29 is 5.11 Å². The summed E-state index contributed by atoms with van der Waals surface area (Å²) < 4.78 is 0.966. The van der Waals surface area contributed by atoms with E-state index in [0.717, 1.165) is 10.0 Å². The molecule has 0 aliphatic carbocycles. The summed E-state index contributed by atoms with van der Waals surface area (Å²) in [6.45, 7) is 0.599. The molecule has 0 radical (unpaired) electrons. The lowest BCUT2D eigenvalue weighted by Gasteiger charge is -2.05. The number of hydrogen-bond donors (Lipinski definition) is 3. The van der Waals surface area contributed by atoms with E-state index in [1.54, 1.807) is 19.2 Å². The van der Waals surface area contributed by atoms with Gasteiger partial charge >= 0.3 is 0 Å². The van der Waals surface area contributed by atoms with Crippen LogP contribution in [0.4, 0.5) is 0 Å². The highest BCUT2D eigenvalue weighted by Crippen LogP contribution is 2.21. The molecule has 0 saturated carbocycles. The quantitative estimate of drug-likeness (QED) is 0.688. The van der Waals surface area contributed by atoms with Gasteiger partial charge in [-0.1, -0.05) is 15.9 Å². The van der Waals surface area contributed by atoms with Crippen molar-refractivity contribution in [2.45, 2.75) is 6.54 Å². The van der Waals surface area contributed by atoms with Gasteiger partial charge in [0.1, 0.15) is 5.75 Å². The van der Waals surface area contributed by atoms with Gasteiger partial charge in [0.05, 0.1) is 0 Å². The van der Waals surface area contributed by atoms with E-state index in [0.29, 0.717) is 12.3 Å². The molecule has 0 aromatic heterocycles. The second-order valence-corrected chi connectivity index (χ2v) is 3.29. The molecule has 4 heteroatoms. The number of phenols is 1. The van der Waals surface area contributed by atoms with Crippen molar-refractivity contribution in [1.82, 2.24) is 10.9 Å². The van der Waals surface area contributed by atoms with E-state index in [2.05, 4.69) is 26.8 Å². The van der Waals surface area contributed by atoms with Crippen molar-refractivity contribution in [3.05, 3.63) is 28.2 Å². The van der Waals surface area contributed by atoms with Crippen molar-refractivity contribution in [2.24, 2.45) is 0 Å². The summed E-state index contributed by atoms with van der Waals surface area (Å²) in [6.07, 6.45) is 0. The first kappa shape index (κ1) is 9.51. The molecule has 3 N–H and O–H groups in total. The molecule has 3 nitrogen and oxygen atoms in total. The average molecular weight is 231 g/mol. The normalized spacial score (nSPS) is 10.2. The Morgan fingerprint density at radius 2 is 2.25 bits per heavy atom. The average Bonchev–Trinajstić information content (AvgIpc) is 2.07. The molecular formula is C8H11BrN2O. The molecule has 66 valence electrons. The molecule has 0 spiro atoms. The molecule has 1 aromatic carbocycles. The van der Waals surface area contributed by atoms with Crippen LogP contribution in [0.1, 0.15) is 5.56 Å². The summed E-state index contributed by atoms with van der Waals surface area (Å²) in [5.74, 6) is 0.306. The van der Waals surface area contributed by atoms with E-state index in [1.807, 2.05) is 6.07 Å². The molecule has 0 aliphatic heterocycles. The Bertz CT molecular complexity index is 265. The molecule has 0 bridgehead atoms. The molecule has 0 saturated heterocycles. The van der Waals surface area contributed by atoms with Crippen LogP contribution in [0.3, 0.4) is 0 Å². The summed E-state index contributed by atoms with van der Waals surface area (Å²) in [4.78, 5) is 0. The fourth-order valence-corrected chi connectivity index (χ4v) is 1.29. The topological polar surface area (TPSA) is 44.3 Å².